The third-order valence-corrected chi connectivity index (χ3v) is 7.02. The molecule has 0 radical (unpaired) electrons. The van der Waals surface area contributed by atoms with Crippen LogP contribution in [0.4, 0.5) is 0 Å². The van der Waals surface area contributed by atoms with Crippen LogP contribution in [0.3, 0.4) is 0 Å². The molecule has 206 valence electrons. The summed E-state index contributed by atoms with van der Waals surface area (Å²) in [4.78, 5) is 38.7. The van der Waals surface area contributed by atoms with Gasteiger partial charge in [0.25, 0.3) is 0 Å². The van der Waals surface area contributed by atoms with Crippen molar-refractivity contribution in [3.63, 3.8) is 0 Å². The lowest BCUT2D eigenvalue weighted by molar-refractivity contribution is -0.145. The zero-order valence-electron chi connectivity index (χ0n) is 23.1. The van der Waals surface area contributed by atoms with Crippen molar-refractivity contribution in [2.24, 2.45) is 11.3 Å². The minimum Gasteiger partial charge on any atom is -0.493 e. The zero-order chi connectivity index (χ0) is 27.5. The van der Waals surface area contributed by atoms with E-state index in [1.165, 1.54) is 39.2 Å². The minimum absolute atomic E-state index is 0.163. The van der Waals surface area contributed by atoms with Crippen LogP contribution in [0.1, 0.15) is 64.0 Å². The third-order valence-electron chi connectivity index (χ3n) is 7.02. The Morgan fingerprint density at radius 3 is 2.16 bits per heavy atom. The van der Waals surface area contributed by atoms with Gasteiger partial charge in [-0.2, -0.15) is 0 Å². The number of benzene rings is 2. The summed E-state index contributed by atoms with van der Waals surface area (Å²) in [5.74, 6) is 0.184. The van der Waals surface area contributed by atoms with Gasteiger partial charge in [-0.05, 0) is 47.4 Å². The molecule has 3 rings (SSSR count). The van der Waals surface area contributed by atoms with Crippen LogP contribution in [-0.2, 0) is 32.0 Å². The average molecular weight is 523 g/mol. The predicted octanol–water partition coefficient (Wildman–Crippen LogP) is 4.62. The van der Waals surface area contributed by atoms with Crippen LogP contribution in [-0.4, -0.2) is 43.6 Å². The van der Waals surface area contributed by atoms with E-state index in [0.717, 1.165) is 23.5 Å². The van der Waals surface area contributed by atoms with Crippen molar-refractivity contribution < 1.29 is 23.9 Å². The summed E-state index contributed by atoms with van der Waals surface area (Å²) in [6, 6.07) is 15.2. The first-order chi connectivity index (χ1) is 18.2. The highest BCUT2D eigenvalue weighted by atomic mass is 16.5. The number of ether oxygens (including phenoxy) is 2. The van der Waals surface area contributed by atoms with Crippen molar-refractivity contribution in [1.82, 2.24) is 10.6 Å². The molecule has 2 atom stereocenters. The third kappa shape index (κ3) is 9.19. The first kappa shape index (κ1) is 29.2. The Hall–Kier alpha value is -3.35. The molecule has 0 heterocycles. The molecule has 38 heavy (non-hydrogen) atoms. The van der Waals surface area contributed by atoms with Gasteiger partial charge < -0.3 is 20.1 Å². The van der Waals surface area contributed by atoms with Gasteiger partial charge in [-0.1, -0.05) is 82.5 Å². The highest BCUT2D eigenvalue weighted by Crippen LogP contribution is 2.25. The summed E-state index contributed by atoms with van der Waals surface area (Å²) in [5, 5.41) is 5.68. The van der Waals surface area contributed by atoms with Crippen LogP contribution in [0, 0.1) is 11.3 Å². The van der Waals surface area contributed by atoms with E-state index in [1.54, 1.807) is 0 Å². The summed E-state index contributed by atoms with van der Waals surface area (Å²) in [7, 11) is 1.30. The number of carbonyl (C=O) groups is 3. The fourth-order valence-corrected chi connectivity index (χ4v) is 4.78. The molecule has 0 aromatic heterocycles. The molecule has 1 aliphatic carbocycles. The average Bonchev–Trinajstić information content (AvgIpc) is 2.91. The number of nitrogens with one attached hydrogen (secondary N) is 2. The lowest BCUT2D eigenvalue weighted by Gasteiger charge is -2.31. The van der Waals surface area contributed by atoms with Gasteiger partial charge >= 0.3 is 5.97 Å². The number of carbonyl (C=O) groups excluding carboxylic acids is 3. The topological polar surface area (TPSA) is 93.7 Å². The minimum atomic E-state index is -0.891. The lowest BCUT2D eigenvalue weighted by atomic mass is 9.85. The monoisotopic (exact) mass is 522 g/mol. The number of rotatable bonds is 11. The second kappa shape index (κ2) is 14.0. The Morgan fingerprint density at radius 1 is 0.895 bits per heavy atom. The standard InChI is InChI=1S/C31H42N2O5/c1-31(2,3)28(33-27(34)20-22-11-7-5-8-12-22)29(35)32-26(30(36)37-4)19-23-15-17-25(18-16-23)38-21-24-13-9-6-10-14-24/h5,7-8,11-12,15-18,24,26,28H,6,9-10,13-14,19-21H2,1-4H3,(H,32,35)(H,33,34)/t26?,28-/m1/s1. The Kier molecular flexibility index (Phi) is 10.7. The van der Waals surface area contributed by atoms with Gasteiger partial charge in [0.1, 0.15) is 17.8 Å². The van der Waals surface area contributed by atoms with Crippen LogP contribution < -0.4 is 15.4 Å². The van der Waals surface area contributed by atoms with Crippen LogP contribution in [0.25, 0.3) is 0 Å². The van der Waals surface area contributed by atoms with E-state index in [9.17, 15) is 14.4 Å². The number of amides is 2. The molecule has 7 heteroatoms. The van der Waals surface area contributed by atoms with Crippen molar-refractivity contribution in [2.75, 3.05) is 13.7 Å². The van der Waals surface area contributed by atoms with E-state index < -0.39 is 29.4 Å². The maximum absolute atomic E-state index is 13.3. The summed E-state index contributed by atoms with van der Waals surface area (Å²) in [6.07, 6.45) is 6.74. The van der Waals surface area contributed by atoms with Crippen LogP contribution >= 0.6 is 0 Å². The molecule has 1 saturated carbocycles. The van der Waals surface area contributed by atoms with Crippen molar-refractivity contribution in [2.45, 2.75) is 77.8 Å². The van der Waals surface area contributed by atoms with E-state index in [2.05, 4.69) is 10.6 Å². The number of hydrogen-bond donors (Lipinski definition) is 2. The first-order valence-corrected chi connectivity index (χ1v) is 13.6. The van der Waals surface area contributed by atoms with Gasteiger partial charge in [-0.25, -0.2) is 4.79 Å². The largest absolute Gasteiger partial charge is 0.493 e. The number of hydrogen-bond acceptors (Lipinski definition) is 5. The molecule has 0 spiro atoms. The molecular weight excluding hydrogens is 480 g/mol. The fourth-order valence-electron chi connectivity index (χ4n) is 4.78. The maximum Gasteiger partial charge on any atom is 0.328 e. The SMILES string of the molecule is COC(=O)C(Cc1ccc(OCC2CCCCC2)cc1)NC(=O)[C@@H](NC(=O)Cc1ccccc1)C(C)(C)C. The fraction of sp³-hybridized carbons (Fsp3) is 0.516. The molecule has 1 unspecified atom stereocenters. The summed E-state index contributed by atoms with van der Waals surface area (Å²) in [6.45, 7) is 6.35. The van der Waals surface area contributed by atoms with Gasteiger partial charge in [-0.15, -0.1) is 0 Å². The summed E-state index contributed by atoms with van der Waals surface area (Å²) in [5.41, 5.74) is 1.15. The van der Waals surface area contributed by atoms with E-state index >= 15 is 0 Å². The highest BCUT2D eigenvalue weighted by Gasteiger charge is 2.35. The number of esters is 1. The molecule has 0 saturated heterocycles. The molecule has 2 aromatic carbocycles. The maximum atomic E-state index is 13.3. The number of methoxy groups -OCH3 is 1. The van der Waals surface area contributed by atoms with E-state index in [0.29, 0.717) is 5.92 Å². The van der Waals surface area contributed by atoms with E-state index in [4.69, 9.17) is 9.47 Å². The Labute approximate surface area is 226 Å². The van der Waals surface area contributed by atoms with Crippen LogP contribution in [0.5, 0.6) is 5.75 Å². The molecular formula is C31H42N2O5. The van der Waals surface area contributed by atoms with Gasteiger partial charge in [-0.3, -0.25) is 9.59 Å². The van der Waals surface area contributed by atoms with E-state index in [-0.39, 0.29) is 18.7 Å². The van der Waals surface area contributed by atoms with Crippen LogP contribution in [0.2, 0.25) is 0 Å². The van der Waals surface area contributed by atoms with Gasteiger partial charge in [0.05, 0.1) is 20.1 Å². The van der Waals surface area contributed by atoms with Crippen molar-refractivity contribution in [3.8, 4) is 5.75 Å². The Morgan fingerprint density at radius 2 is 1.55 bits per heavy atom. The second-order valence-corrected chi connectivity index (χ2v) is 11.3. The Balaban J connectivity index is 1.61. The molecule has 2 N–H and O–H groups in total. The van der Waals surface area contributed by atoms with Gasteiger partial charge in [0, 0.05) is 6.42 Å². The van der Waals surface area contributed by atoms with Crippen molar-refractivity contribution >= 4 is 17.8 Å². The predicted molar refractivity (Wildman–Crippen MR) is 148 cm³/mol. The van der Waals surface area contributed by atoms with Crippen molar-refractivity contribution in [1.29, 1.82) is 0 Å². The molecule has 0 bridgehead atoms. The second-order valence-electron chi connectivity index (χ2n) is 11.3. The molecule has 2 amide bonds. The zero-order valence-corrected chi connectivity index (χ0v) is 23.1. The van der Waals surface area contributed by atoms with Gasteiger partial charge in [0.15, 0.2) is 0 Å². The van der Waals surface area contributed by atoms with Crippen molar-refractivity contribution in [3.05, 3.63) is 65.7 Å². The van der Waals surface area contributed by atoms with Gasteiger partial charge in [0.2, 0.25) is 11.8 Å². The first-order valence-electron chi connectivity index (χ1n) is 13.6. The molecule has 0 aliphatic heterocycles. The normalized spacial score (nSPS) is 15.7. The molecule has 7 nitrogen and oxygen atoms in total. The molecule has 2 aromatic rings. The highest BCUT2D eigenvalue weighted by molar-refractivity contribution is 5.91. The molecule has 1 aliphatic rings. The smallest absolute Gasteiger partial charge is 0.328 e. The van der Waals surface area contributed by atoms with E-state index in [1.807, 2.05) is 75.4 Å². The molecule has 1 fully saturated rings. The van der Waals surface area contributed by atoms with Crippen LogP contribution in [0.15, 0.2) is 54.6 Å². The summed E-state index contributed by atoms with van der Waals surface area (Å²) >= 11 is 0. The quantitative estimate of drug-likeness (QED) is 0.420. The Bertz CT molecular complexity index is 1040. The lowest BCUT2D eigenvalue weighted by Crippen LogP contribution is -2.57. The summed E-state index contributed by atoms with van der Waals surface area (Å²) < 4.78 is 11.0.